The van der Waals surface area contributed by atoms with Crippen LogP contribution in [0, 0.1) is 0 Å². The molecule has 0 radical (unpaired) electrons. The molecule has 6 nitrogen and oxygen atoms in total. The fourth-order valence-electron chi connectivity index (χ4n) is 1.54. The number of carboxylic acid groups (broad SMARTS) is 1. The fraction of sp³-hybridized carbons (Fsp3) is 0.214. The lowest BCUT2D eigenvalue weighted by atomic mass is 10.3. The number of aromatic nitrogens is 2. The number of carbonyl (C=O) groups is 1. The van der Waals surface area contributed by atoms with Crippen molar-refractivity contribution < 1.29 is 14.6 Å². The molecule has 0 aliphatic heterocycles. The van der Waals surface area contributed by atoms with E-state index in [9.17, 15) is 4.79 Å². The van der Waals surface area contributed by atoms with Gasteiger partial charge in [0, 0.05) is 6.54 Å². The molecule has 0 amide bonds. The van der Waals surface area contributed by atoms with Crippen molar-refractivity contribution in [2.45, 2.75) is 6.42 Å². The number of nitrogens with zero attached hydrogens (tertiary/aromatic N) is 2. The molecule has 0 fully saturated rings. The highest BCUT2D eigenvalue weighted by Crippen LogP contribution is 2.08. The Balaban J connectivity index is 1.67. The number of hydrogen-bond donors (Lipinski definition) is 2. The van der Waals surface area contributed by atoms with Gasteiger partial charge in [-0.15, -0.1) is 10.2 Å². The molecule has 6 heteroatoms. The van der Waals surface area contributed by atoms with E-state index in [-0.39, 0.29) is 5.69 Å². The summed E-state index contributed by atoms with van der Waals surface area (Å²) in [5, 5.41) is 19.1. The maximum absolute atomic E-state index is 10.6. The molecule has 2 aromatic rings. The lowest BCUT2D eigenvalue weighted by molar-refractivity contribution is 0.0689. The second-order valence-corrected chi connectivity index (χ2v) is 4.05. The van der Waals surface area contributed by atoms with Gasteiger partial charge < -0.3 is 15.2 Å². The molecule has 0 atom stereocenters. The van der Waals surface area contributed by atoms with Crippen LogP contribution in [0.15, 0.2) is 42.5 Å². The lowest BCUT2D eigenvalue weighted by Gasteiger charge is -2.07. The zero-order valence-corrected chi connectivity index (χ0v) is 10.8. The van der Waals surface area contributed by atoms with E-state index in [0.717, 1.165) is 12.2 Å². The number of carboxylic acids is 1. The van der Waals surface area contributed by atoms with Gasteiger partial charge in [0.25, 0.3) is 0 Å². The standard InChI is InChI=1S/C14H15N3O3/c18-14(19)12-7-8-13(17-16-12)15-9-4-10-20-11-5-2-1-3-6-11/h1-3,5-8H,4,9-10H2,(H,15,17)(H,18,19). The van der Waals surface area contributed by atoms with Gasteiger partial charge >= 0.3 is 5.97 Å². The van der Waals surface area contributed by atoms with Gasteiger partial charge in [0.15, 0.2) is 5.69 Å². The van der Waals surface area contributed by atoms with Gasteiger partial charge in [-0.25, -0.2) is 4.79 Å². The third-order valence-corrected chi connectivity index (χ3v) is 2.52. The Labute approximate surface area is 116 Å². The number of benzene rings is 1. The Morgan fingerprint density at radius 2 is 1.95 bits per heavy atom. The van der Waals surface area contributed by atoms with Crippen molar-refractivity contribution in [3.63, 3.8) is 0 Å². The van der Waals surface area contributed by atoms with E-state index < -0.39 is 5.97 Å². The lowest BCUT2D eigenvalue weighted by Crippen LogP contribution is -2.10. The van der Waals surface area contributed by atoms with E-state index in [1.165, 1.54) is 6.07 Å². The van der Waals surface area contributed by atoms with E-state index in [4.69, 9.17) is 9.84 Å². The minimum atomic E-state index is -1.08. The van der Waals surface area contributed by atoms with E-state index in [1.807, 2.05) is 30.3 Å². The molecule has 0 unspecified atom stereocenters. The number of para-hydroxylation sites is 1. The van der Waals surface area contributed by atoms with Gasteiger partial charge in [-0.2, -0.15) is 0 Å². The van der Waals surface area contributed by atoms with Crippen LogP contribution in [0.2, 0.25) is 0 Å². The van der Waals surface area contributed by atoms with Crippen LogP contribution in [0.1, 0.15) is 16.9 Å². The molecule has 0 saturated heterocycles. The third kappa shape index (κ3) is 4.24. The molecule has 1 aromatic carbocycles. The van der Waals surface area contributed by atoms with Gasteiger partial charge in [0.1, 0.15) is 11.6 Å². The number of nitrogens with one attached hydrogen (secondary N) is 1. The van der Waals surface area contributed by atoms with Crippen molar-refractivity contribution in [1.82, 2.24) is 10.2 Å². The van der Waals surface area contributed by atoms with Crippen LogP contribution in [0.4, 0.5) is 5.82 Å². The van der Waals surface area contributed by atoms with E-state index in [0.29, 0.717) is 19.0 Å². The van der Waals surface area contributed by atoms with Crippen molar-refractivity contribution in [3.8, 4) is 5.75 Å². The van der Waals surface area contributed by atoms with Crippen LogP contribution in [0.3, 0.4) is 0 Å². The second-order valence-electron chi connectivity index (χ2n) is 4.05. The predicted molar refractivity (Wildman–Crippen MR) is 74.0 cm³/mol. The largest absolute Gasteiger partial charge is 0.494 e. The highest BCUT2D eigenvalue weighted by Gasteiger charge is 2.04. The Morgan fingerprint density at radius 3 is 2.60 bits per heavy atom. The van der Waals surface area contributed by atoms with Crippen LogP contribution in [-0.4, -0.2) is 34.4 Å². The molecule has 0 spiro atoms. The summed E-state index contributed by atoms with van der Waals surface area (Å²) in [6, 6.07) is 12.6. The van der Waals surface area contributed by atoms with E-state index in [2.05, 4.69) is 15.5 Å². The SMILES string of the molecule is O=C(O)c1ccc(NCCCOc2ccccc2)nn1. The number of hydrogen-bond acceptors (Lipinski definition) is 5. The normalized spacial score (nSPS) is 10.0. The summed E-state index contributed by atoms with van der Waals surface area (Å²) in [7, 11) is 0. The highest BCUT2D eigenvalue weighted by atomic mass is 16.5. The predicted octanol–water partition coefficient (Wildman–Crippen LogP) is 2.06. The average Bonchev–Trinajstić information content (AvgIpc) is 2.48. The van der Waals surface area contributed by atoms with E-state index in [1.54, 1.807) is 6.07 Å². The van der Waals surface area contributed by atoms with Crippen molar-refractivity contribution in [1.29, 1.82) is 0 Å². The molecule has 2 N–H and O–H groups in total. The first kappa shape index (κ1) is 13.8. The van der Waals surface area contributed by atoms with E-state index >= 15 is 0 Å². The molecule has 0 saturated carbocycles. The minimum Gasteiger partial charge on any atom is -0.494 e. The summed E-state index contributed by atoms with van der Waals surface area (Å²) in [6.45, 7) is 1.27. The summed E-state index contributed by atoms with van der Waals surface area (Å²) < 4.78 is 5.54. The molecule has 20 heavy (non-hydrogen) atoms. The monoisotopic (exact) mass is 273 g/mol. The number of aromatic carboxylic acids is 1. The molecule has 0 aliphatic rings. The second kappa shape index (κ2) is 7.08. The minimum absolute atomic E-state index is 0.0667. The summed E-state index contributed by atoms with van der Waals surface area (Å²) in [5.41, 5.74) is -0.0667. The van der Waals surface area contributed by atoms with Crippen LogP contribution >= 0.6 is 0 Å². The smallest absolute Gasteiger partial charge is 0.356 e. The first-order valence-electron chi connectivity index (χ1n) is 6.24. The molecule has 1 heterocycles. The Bertz CT molecular complexity index is 543. The summed E-state index contributed by atoms with van der Waals surface area (Å²) in [4.78, 5) is 10.6. The molecule has 0 aliphatic carbocycles. The molecular formula is C14H15N3O3. The third-order valence-electron chi connectivity index (χ3n) is 2.52. The summed E-state index contributed by atoms with van der Waals surface area (Å²) >= 11 is 0. The fourth-order valence-corrected chi connectivity index (χ4v) is 1.54. The van der Waals surface area contributed by atoms with Crippen molar-refractivity contribution in [2.24, 2.45) is 0 Å². The van der Waals surface area contributed by atoms with Gasteiger partial charge in [0.2, 0.25) is 0 Å². The average molecular weight is 273 g/mol. The topological polar surface area (TPSA) is 84.3 Å². The first-order chi connectivity index (χ1) is 9.75. The zero-order chi connectivity index (χ0) is 14.2. The van der Waals surface area contributed by atoms with Gasteiger partial charge in [0.05, 0.1) is 6.61 Å². The van der Waals surface area contributed by atoms with Gasteiger partial charge in [-0.1, -0.05) is 18.2 Å². The molecule has 1 aromatic heterocycles. The van der Waals surface area contributed by atoms with Crippen molar-refractivity contribution >= 4 is 11.8 Å². The summed E-state index contributed by atoms with van der Waals surface area (Å²) in [6.07, 6.45) is 0.803. The summed E-state index contributed by atoms with van der Waals surface area (Å²) in [5.74, 6) is 0.313. The first-order valence-corrected chi connectivity index (χ1v) is 6.24. The van der Waals surface area contributed by atoms with Crippen LogP contribution in [-0.2, 0) is 0 Å². The van der Waals surface area contributed by atoms with Crippen LogP contribution < -0.4 is 10.1 Å². The zero-order valence-electron chi connectivity index (χ0n) is 10.8. The molecule has 0 bridgehead atoms. The molecular weight excluding hydrogens is 258 g/mol. The van der Waals surface area contributed by atoms with Crippen molar-refractivity contribution in [3.05, 3.63) is 48.2 Å². The van der Waals surface area contributed by atoms with Gasteiger partial charge in [-0.3, -0.25) is 0 Å². The van der Waals surface area contributed by atoms with Crippen molar-refractivity contribution in [2.75, 3.05) is 18.5 Å². The van der Waals surface area contributed by atoms with Gasteiger partial charge in [-0.05, 0) is 30.7 Å². The Hall–Kier alpha value is -2.63. The highest BCUT2D eigenvalue weighted by molar-refractivity contribution is 5.85. The Morgan fingerprint density at radius 1 is 1.15 bits per heavy atom. The number of ether oxygens (including phenoxy) is 1. The number of anilines is 1. The molecule has 2 rings (SSSR count). The Kier molecular flexibility index (Phi) is 4.88. The quantitative estimate of drug-likeness (QED) is 0.751. The van der Waals surface area contributed by atoms with Crippen LogP contribution in [0.5, 0.6) is 5.75 Å². The van der Waals surface area contributed by atoms with Crippen LogP contribution in [0.25, 0.3) is 0 Å². The maximum atomic E-state index is 10.6. The number of rotatable bonds is 7. The maximum Gasteiger partial charge on any atom is 0.356 e. The molecule has 104 valence electrons.